The van der Waals surface area contributed by atoms with Crippen LogP contribution < -0.4 is 5.32 Å². The molecule has 2 rings (SSSR count). The Balaban J connectivity index is 1.79. The summed E-state index contributed by atoms with van der Waals surface area (Å²) < 4.78 is 5.04. The molecule has 26 heavy (non-hydrogen) atoms. The number of allylic oxidation sites excluding steroid dienone is 1. The van der Waals surface area contributed by atoms with E-state index in [1.165, 1.54) is 6.08 Å². The van der Waals surface area contributed by atoms with E-state index < -0.39 is 18.3 Å². The van der Waals surface area contributed by atoms with Crippen molar-refractivity contribution in [3.05, 3.63) is 77.4 Å². The lowest BCUT2D eigenvalue weighted by Gasteiger charge is -2.18. The molecule has 1 amide bonds. The van der Waals surface area contributed by atoms with Crippen LogP contribution in [0.2, 0.25) is 0 Å². The molecule has 0 aromatic heterocycles. The minimum atomic E-state index is -1.18. The normalized spacial score (nSPS) is 13.2. The number of rotatable bonds is 8. The highest BCUT2D eigenvalue weighted by Gasteiger charge is 2.19. The summed E-state index contributed by atoms with van der Waals surface area (Å²) >= 11 is 0. The minimum Gasteiger partial charge on any atom is -0.445 e. The summed E-state index contributed by atoms with van der Waals surface area (Å²) in [4.78, 5) is 22.0. The van der Waals surface area contributed by atoms with Gasteiger partial charge in [-0.2, -0.15) is 0 Å². The lowest BCUT2D eigenvalue weighted by atomic mass is 10.0. The topological polar surface area (TPSA) is 95.9 Å². The highest BCUT2D eigenvalue weighted by molar-refractivity contribution is 5.73. The number of aldehydes is 1. The van der Waals surface area contributed by atoms with Crippen molar-refractivity contribution in [2.24, 2.45) is 0 Å². The van der Waals surface area contributed by atoms with Gasteiger partial charge in [-0.1, -0.05) is 60.7 Å². The van der Waals surface area contributed by atoms with Gasteiger partial charge in [-0.15, -0.1) is 0 Å². The molecule has 2 aromatic carbocycles. The lowest BCUT2D eigenvalue weighted by molar-refractivity contribution is -0.104. The van der Waals surface area contributed by atoms with Gasteiger partial charge in [0.15, 0.2) is 0 Å². The Morgan fingerprint density at radius 1 is 1.08 bits per heavy atom. The first kappa shape index (κ1) is 19.4. The summed E-state index contributed by atoms with van der Waals surface area (Å²) in [7, 11) is 0. The largest absolute Gasteiger partial charge is 0.445 e. The molecular weight excluding hydrogens is 334 g/mol. The van der Waals surface area contributed by atoms with E-state index in [0.717, 1.165) is 11.1 Å². The third-order valence-corrected chi connectivity index (χ3v) is 3.68. The SMILES string of the molecule is O=C/C=C/c1ccc(C(O)C(O)CNC(=O)OCc2ccccc2)cc1. The molecule has 0 aliphatic carbocycles. The Bertz CT molecular complexity index is 728. The van der Waals surface area contributed by atoms with E-state index in [2.05, 4.69) is 5.32 Å². The van der Waals surface area contributed by atoms with Gasteiger partial charge in [-0.05, 0) is 22.8 Å². The van der Waals surface area contributed by atoms with Crippen LogP contribution in [0.4, 0.5) is 4.79 Å². The standard InChI is InChI=1S/C20H21NO5/c22-12-4-7-15-8-10-17(11-9-15)19(24)18(23)13-21-20(25)26-14-16-5-2-1-3-6-16/h1-12,18-19,23-24H,13-14H2,(H,21,25)/b7-4+. The Morgan fingerprint density at radius 2 is 1.77 bits per heavy atom. The van der Waals surface area contributed by atoms with Gasteiger partial charge < -0.3 is 20.3 Å². The molecule has 0 fully saturated rings. The van der Waals surface area contributed by atoms with E-state index in [9.17, 15) is 19.8 Å². The number of aliphatic hydroxyl groups excluding tert-OH is 2. The van der Waals surface area contributed by atoms with Gasteiger partial charge in [-0.3, -0.25) is 4.79 Å². The fourth-order valence-electron chi connectivity index (χ4n) is 2.25. The second-order valence-electron chi connectivity index (χ2n) is 5.62. The number of carbonyl (C=O) groups is 2. The molecule has 0 bridgehead atoms. The Morgan fingerprint density at radius 3 is 2.42 bits per heavy atom. The second kappa shape index (κ2) is 10.1. The predicted molar refractivity (Wildman–Crippen MR) is 97.1 cm³/mol. The van der Waals surface area contributed by atoms with Crippen molar-refractivity contribution in [2.75, 3.05) is 6.54 Å². The number of hydrogen-bond donors (Lipinski definition) is 3. The summed E-state index contributed by atoms with van der Waals surface area (Å²) in [5, 5.41) is 22.6. The molecular formula is C20H21NO5. The molecule has 0 spiro atoms. The number of amides is 1. The van der Waals surface area contributed by atoms with E-state index in [0.29, 0.717) is 11.8 Å². The van der Waals surface area contributed by atoms with Gasteiger partial charge in [0.2, 0.25) is 0 Å². The number of alkyl carbamates (subject to hydrolysis) is 1. The highest BCUT2D eigenvalue weighted by Crippen LogP contribution is 2.18. The zero-order valence-electron chi connectivity index (χ0n) is 14.1. The van der Waals surface area contributed by atoms with Crippen LogP contribution in [-0.4, -0.2) is 35.2 Å². The monoisotopic (exact) mass is 355 g/mol. The first-order chi connectivity index (χ1) is 12.6. The van der Waals surface area contributed by atoms with Crippen LogP contribution in [0.25, 0.3) is 6.08 Å². The number of carbonyl (C=O) groups excluding carboxylic acids is 2. The summed E-state index contributed by atoms with van der Waals surface area (Å²) in [6, 6.07) is 15.9. The summed E-state index contributed by atoms with van der Waals surface area (Å²) in [6.45, 7) is -0.0251. The fraction of sp³-hybridized carbons (Fsp3) is 0.200. The average molecular weight is 355 g/mol. The number of benzene rings is 2. The predicted octanol–water partition coefficient (Wildman–Crippen LogP) is 2.22. The maximum atomic E-state index is 11.7. The molecule has 0 saturated carbocycles. The smallest absolute Gasteiger partial charge is 0.407 e. The summed E-state index contributed by atoms with van der Waals surface area (Å²) in [5.41, 5.74) is 2.15. The van der Waals surface area contributed by atoms with Crippen LogP contribution in [0.5, 0.6) is 0 Å². The van der Waals surface area contributed by atoms with Crippen LogP contribution in [0, 0.1) is 0 Å². The molecule has 0 saturated heterocycles. The molecule has 2 unspecified atom stereocenters. The molecule has 0 aliphatic heterocycles. The maximum absolute atomic E-state index is 11.7. The van der Waals surface area contributed by atoms with Crippen molar-refractivity contribution in [3.8, 4) is 0 Å². The molecule has 136 valence electrons. The van der Waals surface area contributed by atoms with Crippen LogP contribution >= 0.6 is 0 Å². The average Bonchev–Trinajstić information content (AvgIpc) is 2.69. The zero-order chi connectivity index (χ0) is 18.8. The quantitative estimate of drug-likeness (QED) is 0.498. The van der Waals surface area contributed by atoms with Crippen LogP contribution in [-0.2, 0) is 16.1 Å². The Hall–Kier alpha value is -2.96. The number of aliphatic hydroxyl groups is 2. The van der Waals surface area contributed by atoms with Crippen LogP contribution in [0.3, 0.4) is 0 Å². The van der Waals surface area contributed by atoms with Crippen molar-refractivity contribution in [2.45, 2.75) is 18.8 Å². The molecule has 0 heterocycles. The van der Waals surface area contributed by atoms with Crippen molar-refractivity contribution >= 4 is 18.5 Å². The van der Waals surface area contributed by atoms with Gasteiger partial charge in [0.05, 0.1) is 0 Å². The van der Waals surface area contributed by atoms with Crippen molar-refractivity contribution < 1.29 is 24.5 Å². The second-order valence-corrected chi connectivity index (χ2v) is 5.62. The van der Waals surface area contributed by atoms with Crippen molar-refractivity contribution in [1.29, 1.82) is 0 Å². The van der Waals surface area contributed by atoms with Gasteiger partial charge in [-0.25, -0.2) is 4.79 Å². The Kier molecular flexibility index (Phi) is 7.54. The van der Waals surface area contributed by atoms with E-state index >= 15 is 0 Å². The molecule has 2 atom stereocenters. The minimum absolute atomic E-state index is 0.126. The van der Waals surface area contributed by atoms with Crippen LogP contribution in [0.1, 0.15) is 22.8 Å². The highest BCUT2D eigenvalue weighted by atomic mass is 16.5. The lowest BCUT2D eigenvalue weighted by Crippen LogP contribution is -2.35. The van der Waals surface area contributed by atoms with Crippen molar-refractivity contribution in [3.63, 3.8) is 0 Å². The van der Waals surface area contributed by atoms with Gasteiger partial charge in [0.25, 0.3) is 0 Å². The van der Waals surface area contributed by atoms with E-state index in [1.54, 1.807) is 30.3 Å². The van der Waals surface area contributed by atoms with Crippen LogP contribution in [0.15, 0.2) is 60.7 Å². The molecule has 6 heteroatoms. The summed E-state index contributed by atoms with van der Waals surface area (Å²) in [6.07, 6.45) is 0.656. The first-order valence-electron chi connectivity index (χ1n) is 8.12. The number of hydrogen-bond acceptors (Lipinski definition) is 5. The first-order valence-corrected chi connectivity index (χ1v) is 8.12. The van der Waals surface area contributed by atoms with E-state index in [-0.39, 0.29) is 13.2 Å². The third kappa shape index (κ3) is 6.16. The number of nitrogens with one attached hydrogen (secondary N) is 1. The van der Waals surface area contributed by atoms with E-state index in [4.69, 9.17) is 4.74 Å². The van der Waals surface area contributed by atoms with Gasteiger partial charge >= 0.3 is 6.09 Å². The Labute approximate surface area is 151 Å². The third-order valence-electron chi connectivity index (χ3n) is 3.68. The molecule has 3 N–H and O–H groups in total. The molecule has 2 aromatic rings. The summed E-state index contributed by atoms with van der Waals surface area (Å²) in [5.74, 6) is 0. The molecule has 0 radical (unpaired) electrons. The molecule has 6 nitrogen and oxygen atoms in total. The number of ether oxygens (including phenoxy) is 1. The zero-order valence-corrected chi connectivity index (χ0v) is 14.1. The fourth-order valence-corrected chi connectivity index (χ4v) is 2.25. The van der Waals surface area contributed by atoms with Gasteiger partial charge in [0.1, 0.15) is 25.1 Å². The maximum Gasteiger partial charge on any atom is 0.407 e. The van der Waals surface area contributed by atoms with E-state index in [1.807, 2.05) is 30.3 Å². The van der Waals surface area contributed by atoms with Gasteiger partial charge in [0, 0.05) is 6.54 Å². The molecule has 0 aliphatic rings. The van der Waals surface area contributed by atoms with Crippen molar-refractivity contribution in [1.82, 2.24) is 5.32 Å².